The van der Waals surface area contributed by atoms with Gasteiger partial charge in [-0.2, -0.15) is 0 Å². The van der Waals surface area contributed by atoms with Gasteiger partial charge in [0.15, 0.2) is 0 Å². The lowest BCUT2D eigenvalue weighted by molar-refractivity contribution is -0.0573. The Morgan fingerprint density at radius 2 is 1.79 bits per heavy atom. The van der Waals surface area contributed by atoms with Crippen LogP contribution >= 0.6 is 0 Å². The highest BCUT2D eigenvalue weighted by atomic mass is 16.3. The Balaban J connectivity index is 1.49. The predicted octanol–water partition coefficient (Wildman–Crippen LogP) is 7.39. The minimum Gasteiger partial charge on any atom is -0.393 e. The summed E-state index contributed by atoms with van der Waals surface area (Å²) in [6.45, 7) is 12.6. The van der Waals surface area contributed by atoms with Crippen LogP contribution in [0.2, 0.25) is 0 Å². The molecule has 0 bridgehead atoms. The molecule has 0 aromatic heterocycles. The number of hydrogen-bond acceptors (Lipinski definition) is 1. The lowest BCUT2D eigenvalue weighted by atomic mass is 9.47. The number of hydrogen-bond donors (Lipinski definition) is 1. The van der Waals surface area contributed by atoms with Crippen molar-refractivity contribution < 1.29 is 5.11 Å². The van der Waals surface area contributed by atoms with E-state index in [9.17, 15) is 5.11 Å². The summed E-state index contributed by atoms with van der Waals surface area (Å²) in [6.07, 6.45) is 17.2. The SMILES string of the molecule is C[C@@H](C[13CH2][13CH2][13CH]([13CH3])[13CH3])[C@@H]1CC[C@@H]2[C@H]3CC=C4C[C@H](O)CC[C@@]4(C)[C@@H]3CC[C@]21C. The van der Waals surface area contributed by atoms with Gasteiger partial charge in [0.2, 0.25) is 0 Å². The van der Waals surface area contributed by atoms with Gasteiger partial charge < -0.3 is 5.11 Å². The predicted molar refractivity (Wildman–Crippen MR) is 119 cm³/mol. The van der Waals surface area contributed by atoms with Gasteiger partial charge in [-0.3, -0.25) is 0 Å². The van der Waals surface area contributed by atoms with Crippen molar-refractivity contribution in [1.29, 1.82) is 0 Å². The monoisotopic (exact) mass is 391 g/mol. The summed E-state index contributed by atoms with van der Waals surface area (Å²) in [4.78, 5) is 0. The molecular weight excluding hydrogens is 345 g/mol. The topological polar surface area (TPSA) is 20.2 Å². The number of rotatable bonds is 5. The molecule has 0 heterocycles. The first-order valence-electron chi connectivity index (χ1n) is 12.6. The van der Waals surface area contributed by atoms with E-state index in [2.05, 4.69) is 40.7 Å². The minimum absolute atomic E-state index is 0.0766. The summed E-state index contributed by atoms with van der Waals surface area (Å²) >= 11 is 0. The first kappa shape index (κ1) is 21.0. The molecular formula is C27H46O. The number of fused-ring (bicyclic) bond motifs is 5. The van der Waals surface area contributed by atoms with Crippen LogP contribution in [-0.2, 0) is 0 Å². The van der Waals surface area contributed by atoms with E-state index in [1.807, 2.05) is 0 Å². The van der Waals surface area contributed by atoms with Crippen LogP contribution in [0.1, 0.15) is 105 Å². The molecule has 0 radical (unpaired) electrons. The highest BCUT2D eigenvalue weighted by Gasteiger charge is 2.59. The summed E-state index contributed by atoms with van der Waals surface area (Å²) in [7, 11) is 0. The van der Waals surface area contributed by atoms with E-state index in [0.717, 1.165) is 48.3 Å². The molecule has 4 aliphatic rings. The normalized spacial score (nSPS) is 46.5. The fourth-order valence-electron chi connectivity index (χ4n) is 8.67. The molecule has 1 nitrogen and oxygen atoms in total. The van der Waals surface area contributed by atoms with Crippen molar-refractivity contribution in [2.24, 2.45) is 46.3 Å². The van der Waals surface area contributed by atoms with Crippen LogP contribution in [0.25, 0.3) is 0 Å². The van der Waals surface area contributed by atoms with Crippen LogP contribution in [-0.4, -0.2) is 11.2 Å². The summed E-state index contributed by atoms with van der Waals surface area (Å²) < 4.78 is 0. The molecule has 0 aromatic rings. The molecule has 0 spiro atoms. The van der Waals surface area contributed by atoms with E-state index >= 15 is 0 Å². The van der Waals surface area contributed by atoms with Gasteiger partial charge in [0, 0.05) is 0 Å². The van der Waals surface area contributed by atoms with E-state index in [4.69, 9.17) is 0 Å². The van der Waals surface area contributed by atoms with Crippen molar-refractivity contribution >= 4 is 0 Å². The second-order valence-corrected chi connectivity index (χ2v) is 12.2. The van der Waals surface area contributed by atoms with Crippen LogP contribution in [0, 0.1) is 46.3 Å². The van der Waals surface area contributed by atoms with E-state index < -0.39 is 0 Å². The fourth-order valence-corrected chi connectivity index (χ4v) is 8.67. The summed E-state index contributed by atoms with van der Waals surface area (Å²) in [5.41, 5.74) is 2.60. The van der Waals surface area contributed by atoms with E-state index in [1.54, 1.807) is 5.57 Å². The zero-order valence-electron chi connectivity index (χ0n) is 19.3. The van der Waals surface area contributed by atoms with Crippen LogP contribution < -0.4 is 0 Å². The maximum absolute atomic E-state index is 10.2. The summed E-state index contributed by atoms with van der Waals surface area (Å²) in [5.74, 6) is 5.46. The summed E-state index contributed by atoms with van der Waals surface area (Å²) in [5, 5.41) is 10.2. The van der Waals surface area contributed by atoms with Gasteiger partial charge in [-0.1, -0.05) is 65.5 Å². The molecule has 1 heteroatoms. The molecule has 0 aliphatic heterocycles. The Hall–Kier alpha value is -0.300. The Bertz CT molecular complexity index is 591. The Labute approximate surface area is 174 Å². The molecule has 4 aliphatic carbocycles. The van der Waals surface area contributed by atoms with Gasteiger partial charge in [-0.15, -0.1) is 0 Å². The molecule has 160 valence electrons. The van der Waals surface area contributed by atoms with Crippen LogP contribution in [0.4, 0.5) is 0 Å². The molecule has 4 rings (SSSR count). The lowest BCUT2D eigenvalue weighted by Crippen LogP contribution is -2.50. The van der Waals surface area contributed by atoms with E-state index in [1.165, 1.54) is 57.8 Å². The van der Waals surface area contributed by atoms with Crippen LogP contribution in [0.3, 0.4) is 0 Å². The number of aliphatic hydroxyl groups excluding tert-OH is 1. The molecule has 0 unspecified atom stereocenters. The van der Waals surface area contributed by atoms with Gasteiger partial charge >= 0.3 is 0 Å². The van der Waals surface area contributed by atoms with Crippen molar-refractivity contribution in [1.82, 2.24) is 0 Å². The zero-order valence-corrected chi connectivity index (χ0v) is 19.3. The van der Waals surface area contributed by atoms with Gasteiger partial charge in [0.25, 0.3) is 0 Å². The third-order valence-electron chi connectivity index (χ3n) is 10.3. The van der Waals surface area contributed by atoms with Gasteiger partial charge in [0.05, 0.1) is 6.10 Å². The second kappa shape index (κ2) is 7.75. The van der Waals surface area contributed by atoms with Crippen molar-refractivity contribution in [2.75, 3.05) is 0 Å². The van der Waals surface area contributed by atoms with Crippen molar-refractivity contribution in [2.45, 2.75) is 111 Å². The number of allylic oxidation sites excluding steroid dienone is 1. The Kier molecular flexibility index (Phi) is 5.80. The molecule has 28 heavy (non-hydrogen) atoms. The van der Waals surface area contributed by atoms with Crippen molar-refractivity contribution in [3.63, 3.8) is 0 Å². The van der Waals surface area contributed by atoms with Crippen LogP contribution in [0.5, 0.6) is 0 Å². The van der Waals surface area contributed by atoms with Crippen molar-refractivity contribution in [3.05, 3.63) is 11.6 Å². The number of aliphatic hydroxyl groups is 1. The fraction of sp³-hybridized carbons (Fsp3) is 0.926. The zero-order chi connectivity index (χ0) is 20.1. The highest BCUT2D eigenvalue weighted by Crippen LogP contribution is 2.67. The van der Waals surface area contributed by atoms with E-state index in [0.29, 0.717) is 10.8 Å². The molecule has 0 amide bonds. The first-order chi connectivity index (χ1) is 13.3. The van der Waals surface area contributed by atoms with Gasteiger partial charge in [0.1, 0.15) is 0 Å². The second-order valence-electron chi connectivity index (χ2n) is 12.2. The average molecular weight is 392 g/mol. The van der Waals surface area contributed by atoms with Crippen LogP contribution in [0.15, 0.2) is 11.6 Å². The maximum atomic E-state index is 10.2. The quantitative estimate of drug-likeness (QED) is 0.382. The first-order valence-corrected chi connectivity index (χ1v) is 12.6. The Morgan fingerprint density at radius 3 is 2.54 bits per heavy atom. The van der Waals surface area contributed by atoms with Gasteiger partial charge in [-0.25, -0.2) is 0 Å². The molecule has 1 N–H and O–H groups in total. The molecule has 3 saturated carbocycles. The average Bonchev–Trinajstić information content (AvgIpc) is 2.99. The Morgan fingerprint density at radius 1 is 1.00 bits per heavy atom. The summed E-state index contributed by atoms with van der Waals surface area (Å²) in [6, 6.07) is 0. The molecule has 0 saturated heterocycles. The van der Waals surface area contributed by atoms with E-state index in [-0.39, 0.29) is 6.10 Å². The molecule has 0 aromatic carbocycles. The largest absolute Gasteiger partial charge is 0.393 e. The van der Waals surface area contributed by atoms with Crippen molar-refractivity contribution in [3.8, 4) is 0 Å². The third kappa shape index (κ3) is 3.42. The minimum atomic E-state index is -0.0766. The highest BCUT2D eigenvalue weighted by molar-refractivity contribution is 5.25. The molecule has 3 fully saturated rings. The van der Waals surface area contributed by atoms with Gasteiger partial charge in [-0.05, 0) is 97.7 Å². The standard InChI is InChI=1S/C27H46O/c1-18(2)7-6-8-19(3)23-11-12-24-22-10-9-20-17-21(28)13-15-26(20,4)25(22)14-16-27(23,24)5/h9,18-19,21-25,28H,6-8,10-17H2,1-5H3/t19-,21+,22+,23-,24+,25+,26+,27-/m0/s1/i1+1,2+1,6+1,7+1,18+1. The third-order valence-corrected chi connectivity index (χ3v) is 10.3. The smallest absolute Gasteiger partial charge is 0.0577 e. The lowest BCUT2D eigenvalue weighted by Gasteiger charge is -2.58. The molecule has 8 atom stereocenters. The maximum Gasteiger partial charge on any atom is 0.0577 e.